The fourth-order valence-corrected chi connectivity index (χ4v) is 1.25. The lowest BCUT2D eigenvalue weighted by molar-refractivity contribution is 0.0983. The molecule has 0 N–H and O–H groups in total. The van der Waals surface area contributed by atoms with Crippen LogP contribution < -0.4 is 0 Å². The highest BCUT2D eigenvalue weighted by molar-refractivity contribution is 6.29. The van der Waals surface area contributed by atoms with Crippen molar-refractivity contribution >= 4 is 29.0 Å². The molecular weight excluding hydrogens is 207 g/mol. The molecule has 0 heterocycles. The molecule has 0 aliphatic rings. The van der Waals surface area contributed by atoms with Crippen molar-refractivity contribution in [2.75, 3.05) is 5.88 Å². The summed E-state index contributed by atoms with van der Waals surface area (Å²) in [6.45, 7) is 0. The molecule has 0 fully saturated rings. The number of benzene rings is 1. The molecule has 1 rings (SSSR count). The molecule has 0 unspecified atom stereocenters. The van der Waals surface area contributed by atoms with E-state index in [1.165, 1.54) is 0 Å². The smallest absolute Gasteiger partial charge is 0.164 e. The van der Waals surface area contributed by atoms with Gasteiger partial charge < -0.3 is 0 Å². The van der Waals surface area contributed by atoms with Gasteiger partial charge in [0.05, 0.1) is 5.38 Å². The zero-order valence-electron chi connectivity index (χ0n) is 7.04. The third-order valence-corrected chi connectivity index (χ3v) is 2.51. The van der Waals surface area contributed by atoms with Crippen molar-refractivity contribution in [2.24, 2.45) is 0 Å². The fraction of sp³-hybridized carbons (Fsp3) is 0.300. The normalized spacial score (nSPS) is 12.5. The second-order valence-electron chi connectivity index (χ2n) is 2.74. The van der Waals surface area contributed by atoms with Crippen LogP contribution >= 0.6 is 23.2 Å². The first kappa shape index (κ1) is 10.6. The molecule has 1 aromatic carbocycles. The van der Waals surface area contributed by atoms with Crippen molar-refractivity contribution in [3.63, 3.8) is 0 Å². The molecule has 1 atom stereocenters. The quantitative estimate of drug-likeness (QED) is 0.559. The Morgan fingerprint density at radius 2 is 1.92 bits per heavy atom. The standard InChI is InChI=1S/C10H10Cl2O/c11-7-9(12)6-10(13)8-4-2-1-3-5-8/h1-5,9H,6-7H2/t9-/m0/s1. The van der Waals surface area contributed by atoms with Crippen LogP contribution in [0.2, 0.25) is 0 Å². The molecule has 0 amide bonds. The van der Waals surface area contributed by atoms with E-state index in [0.717, 1.165) is 0 Å². The van der Waals surface area contributed by atoms with E-state index in [2.05, 4.69) is 0 Å². The number of alkyl halides is 2. The number of halogens is 2. The minimum absolute atomic E-state index is 0.0428. The Hall–Kier alpha value is -0.530. The predicted octanol–water partition coefficient (Wildman–Crippen LogP) is 3.11. The van der Waals surface area contributed by atoms with Crippen LogP contribution in [-0.4, -0.2) is 17.0 Å². The van der Waals surface area contributed by atoms with Gasteiger partial charge in [0.25, 0.3) is 0 Å². The van der Waals surface area contributed by atoms with Crippen molar-refractivity contribution in [2.45, 2.75) is 11.8 Å². The Balaban J connectivity index is 2.59. The van der Waals surface area contributed by atoms with Gasteiger partial charge in [-0.1, -0.05) is 30.3 Å². The summed E-state index contributed by atoms with van der Waals surface area (Å²) in [5.74, 6) is 0.349. The summed E-state index contributed by atoms with van der Waals surface area (Å²) in [6.07, 6.45) is 0.301. The van der Waals surface area contributed by atoms with Gasteiger partial charge in [0.2, 0.25) is 0 Å². The highest BCUT2D eigenvalue weighted by atomic mass is 35.5. The van der Waals surface area contributed by atoms with Crippen LogP contribution in [0.3, 0.4) is 0 Å². The van der Waals surface area contributed by atoms with Gasteiger partial charge >= 0.3 is 0 Å². The molecular formula is C10H10Cl2O. The van der Waals surface area contributed by atoms with Gasteiger partial charge in [0.1, 0.15) is 0 Å². The molecule has 1 nitrogen and oxygen atoms in total. The predicted molar refractivity (Wildman–Crippen MR) is 55.8 cm³/mol. The average molecular weight is 217 g/mol. The first-order chi connectivity index (χ1) is 6.24. The molecule has 1 aromatic rings. The first-order valence-corrected chi connectivity index (χ1v) is 4.99. The Morgan fingerprint density at radius 1 is 1.31 bits per heavy atom. The van der Waals surface area contributed by atoms with Gasteiger partial charge in [0.15, 0.2) is 5.78 Å². The van der Waals surface area contributed by atoms with Crippen LogP contribution in [0.4, 0.5) is 0 Å². The third kappa shape index (κ3) is 3.37. The van der Waals surface area contributed by atoms with E-state index in [1.807, 2.05) is 18.2 Å². The van der Waals surface area contributed by atoms with E-state index in [0.29, 0.717) is 17.9 Å². The van der Waals surface area contributed by atoms with Gasteiger partial charge in [0, 0.05) is 17.9 Å². The highest BCUT2D eigenvalue weighted by Gasteiger charge is 2.11. The lowest BCUT2D eigenvalue weighted by atomic mass is 10.1. The van der Waals surface area contributed by atoms with Gasteiger partial charge in [-0.2, -0.15) is 0 Å². The Kier molecular flexibility index (Phi) is 4.26. The Bertz CT molecular complexity index is 272. The molecule has 0 aromatic heterocycles. The molecule has 13 heavy (non-hydrogen) atoms. The van der Waals surface area contributed by atoms with Crippen molar-refractivity contribution in [3.05, 3.63) is 35.9 Å². The molecule has 0 spiro atoms. The lowest BCUT2D eigenvalue weighted by Crippen LogP contribution is -2.09. The van der Waals surface area contributed by atoms with E-state index in [1.54, 1.807) is 12.1 Å². The number of Topliss-reactive ketones (excluding diaryl/α,β-unsaturated/α-hetero) is 1. The third-order valence-electron chi connectivity index (χ3n) is 1.67. The molecule has 3 heteroatoms. The largest absolute Gasteiger partial charge is 0.294 e. The molecule has 0 saturated carbocycles. The molecule has 0 bridgehead atoms. The molecule has 0 aliphatic heterocycles. The number of hydrogen-bond acceptors (Lipinski definition) is 1. The van der Waals surface area contributed by atoms with Crippen molar-refractivity contribution < 1.29 is 4.79 Å². The van der Waals surface area contributed by atoms with Gasteiger partial charge in [-0.3, -0.25) is 4.79 Å². The van der Waals surface area contributed by atoms with Crippen molar-refractivity contribution in [1.82, 2.24) is 0 Å². The summed E-state index contributed by atoms with van der Waals surface area (Å²) in [4.78, 5) is 11.5. The van der Waals surface area contributed by atoms with Crippen molar-refractivity contribution in [3.8, 4) is 0 Å². The van der Waals surface area contributed by atoms with Crippen LogP contribution in [-0.2, 0) is 0 Å². The summed E-state index contributed by atoms with van der Waals surface area (Å²) in [6, 6.07) is 9.09. The number of hydrogen-bond donors (Lipinski definition) is 0. The summed E-state index contributed by atoms with van der Waals surface area (Å²) < 4.78 is 0. The summed E-state index contributed by atoms with van der Waals surface area (Å²) in [5.41, 5.74) is 0.693. The van der Waals surface area contributed by atoms with Crippen LogP contribution in [0.1, 0.15) is 16.8 Å². The van der Waals surface area contributed by atoms with E-state index < -0.39 is 0 Å². The topological polar surface area (TPSA) is 17.1 Å². The second-order valence-corrected chi connectivity index (χ2v) is 3.67. The lowest BCUT2D eigenvalue weighted by Gasteiger charge is -2.03. The maximum absolute atomic E-state index is 11.5. The summed E-state index contributed by atoms with van der Waals surface area (Å²) in [5, 5.41) is -0.269. The molecule has 0 radical (unpaired) electrons. The number of ketones is 1. The van der Waals surface area contributed by atoms with Gasteiger partial charge in [-0.05, 0) is 0 Å². The molecule has 70 valence electrons. The zero-order valence-corrected chi connectivity index (χ0v) is 8.55. The number of carbonyl (C=O) groups is 1. The van der Waals surface area contributed by atoms with E-state index in [-0.39, 0.29) is 11.2 Å². The van der Waals surface area contributed by atoms with Gasteiger partial charge in [-0.15, -0.1) is 23.2 Å². The van der Waals surface area contributed by atoms with Crippen LogP contribution in [0, 0.1) is 0 Å². The highest BCUT2D eigenvalue weighted by Crippen LogP contribution is 2.10. The van der Waals surface area contributed by atoms with Crippen LogP contribution in [0.5, 0.6) is 0 Å². The first-order valence-electron chi connectivity index (χ1n) is 4.02. The SMILES string of the molecule is O=C(C[C@H](Cl)CCl)c1ccccc1. The van der Waals surface area contributed by atoms with Crippen LogP contribution in [0.15, 0.2) is 30.3 Å². The number of rotatable bonds is 4. The van der Waals surface area contributed by atoms with E-state index >= 15 is 0 Å². The summed E-state index contributed by atoms with van der Waals surface area (Å²) in [7, 11) is 0. The fourth-order valence-electron chi connectivity index (χ4n) is 0.998. The average Bonchev–Trinajstić information content (AvgIpc) is 2.19. The monoisotopic (exact) mass is 216 g/mol. The maximum atomic E-state index is 11.5. The van der Waals surface area contributed by atoms with Gasteiger partial charge in [-0.25, -0.2) is 0 Å². The van der Waals surface area contributed by atoms with E-state index in [9.17, 15) is 4.79 Å². The maximum Gasteiger partial charge on any atom is 0.164 e. The Labute approximate surface area is 87.7 Å². The van der Waals surface area contributed by atoms with Crippen molar-refractivity contribution in [1.29, 1.82) is 0 Å². The number of carbonyl (C=O) groups excluding carboxylic acids is 1. The Morgan fingerprint density at radius 3 is 2.46 bits per heavy atom. The van der Waals surface area contributed by atoms with E-state index in [4.69, 9.17) is 23.2 Å². The molecule has 0 saturated heterocycles. The minimum Gasteiger partial charge on any atom is -0.294 e. The second kappa shape index (κ2) is 5.25. The zero-order chi connectivity index (χ0) is 9.68. The summed E-state index contributed by atoms with van der Waals surface area (Å²) >= 11 is 11.3. The van der Waals surface area contributed by atoms with Crippen LogP contribution in [0.25, 0.3) is 0 Å². The molecule has 0 aliphatic carbocycles. The minimum atomic E-state index is -0.269.